The molecule has 0 aliphatic carbocycles. The van der Waals surface area contributed by atoms with Crippen LogP contribution in [0.4, 0.5) is 11.4 Å². The number of rotatable bonds is 3. The monoisotopic (exact) mass is 293 g/mol. The van der Waals surface area contributed by atoms with Gasteiger partial charge in [-0.1, -0.05) is 15.9 Å². The summed E-state index contributed by atoms with van der Waals surface area (Å²) in [6.45, 7) is 0. The number of nitrogens with zero attached hydrogens (tertiary/aromatic N) is 1. The summed E-state index contributed by atoms with van der Waals surface area (Å²) in [5, 5.41) is 4.91. The van der Waals surface area contributed by atoms with E-state index >= 15 is 0 Å². The molecule has 1 rings (SSSR count). The first-order valence-corrected chi connectivity index (χ1v) is 6.41. The van der Waals surface area contributed by atoms with Crippen molar-refractivity contribution in [1.29, 1.82) is 0 Å². The first-order valence-electron chi connectivity index (χ1n) is 4.07. The van der Waals surface area contributed by atoms with E-state index in [2.05, 4.69) is 20.7 Å². The first-order chi connectivity index (χ1) is 6.79. The van der Waals surface area contributed by atoms with E-state index < -0.39 is 10.2 Å². The number of hydrogen-bond donors (Lipinski definition) is 2. The largest absolute Gasteiger partial charge is 0.376 e. The Morgan fingerprint density at radius 3 is 2.47 bits per heavy atom. The summed E-state index contributed by atoms with van der Waals surface area (Å²) in [6.07, 6.45) is 0. The van der Waals surface area contributed by atoms with Crippen molar-refractivity contribution in [3.8, 4) is 0 Å². The van der Waals surface area contributed by atoms with Crippen LogP contribution in [-0.2, 0) is 10.2 Å². The molecule has 0 aromatic heterocycles. The Morgan fingerprint density at radius 2 is 2.00 bits per heavy atom. The van der Waals surface area contributed by atoms with Gasteiger partial charge in [0, 0.05) is 18.6 Å². The number of nitrogens with two attached hydrogens (primary N) is 1. The van der Waals surface area contributed by atoms with E-state index in [1.807, 2.05) is 20.2 Å². The summed E-state index contributed by atoms with van der Waals surface area (Å²) < 4.78 is 24.9. The van der Waals surface area contributed by atoms with E-state index in [9.17, 15) is 8.42 Å². The van der Waals surface area contributed by atoms with Crippen LogP contribution in [0.25, 0.3) is 0 Å². The maximum atomic E-state index is 10.9. The molecule has 0 aliphatic heterocycles. The zero-order chi connectivity index (χ0) is 11.6. The van der Waals surface area contributed by atoms with Crippen LogP contribution in [0.2, 0.25) is 0 Å². The van der Waals surface area contributed by atoms with Gasteiger partial charge in [-0.05, 0) is 18.2 Å². The fourth-order valence-corrected chi connectivity index (χ4v) is 1.96. The normalized spacial score (nSPS) is 11.2. The molecule has 0 heterocycles. The second kappa shape index (κ2) is 4.38. The lowest BCUT2D eigenvalue weighted by Gasteiger charge is -2.17. The zero-order valence-corrected chi connectivity index (χ0v) is 10.8. The maximum absolute atomic E-state index is 10.9. The van der Waals surface area contributed by atoms with E-state index in [0.717, 1.165) is 10.2 Å². The number of nitrogens with one attached hydrogen (secondary N) is 1. The van der Waals surface area contributed by atoms with Crippen LogP contribution in [0, 0.1) is 0 Å². The molecule has 84 valence electrons. The summed E-state index contributed by atoms with van der Waals surface area (Å²) in [4.78, 5) is 1.79. The highest BCUT2D eigenvalue weighted by atomic mass is 79.9. The highest BCUT2D eigenvalue weighted by Gasteiger charge is 2.09. The van der Waals surface area contributed by atoms with Gasteiger partial charge in [-0.3, -0.25) is 4.72 Å². The van der Waals surface area contributed by atoms with Gasteiger partial charge in [-0.15, -0.1) is 0 Å². The molecule has 0 saturated heterocycles. The Bertz CT molecular complexity index is 459. The van der Waals surface area contributed by atoms with Crippen LogP contribution >= 0.6 is 15.9 Å². The quantitative estimate of drug-likeness (QED) is 0.877. The molecule has 3 N–H and O–H groups in total. The average molecular weight is 294 g/mol. The third-order valence-electron chi connectivity index (χ3n) is 1.69. The molecule has 0 radical (unpaired) electrons. The molecule has 0 amide bonds. The summed E-state index contributed by atoms with van der Waals surface area (Å²) >= 11 is 3.26. The number of hydrogen-bond acceptors (Lipinski definition) is 3. The molecule has 0 saturated carbocycles. The standard InChI is InChI=1S/C8H12BrN3O2S/c1-12(2)8-4-3-6(9)5-7(8)11-15(10,13)14/h3-5,11H,1-2H3,(H2,10,13,14). The molecular weight excluding hydrogens is 282 g/mol. The fraction of sp³-hybridized carbons (Fsp3) is 0.250. The predicted molar refractivity (Wildman–Crippen MR) is 65.2 cm³/mol. The van der Waals surface area contributed by atoms with Crippen molar-refractivity contribution in [2.45, 2.75) is 0 Å². The van der Waals surface area contributed by atoms with E-state index in [4.69, 9.17) is 5.14 Å². The minimum Gasteiger partial charge on any atom is -0.376 e. The van der Waals surface area contributed by atoms with Crippen molar-refractivity contribution < 1.29 is 8.42 Å². The molecule has 15 heavy (non-hydrogen) atoms. The lowest BCUT2D eigenvalue weighted by atomic mass is 10.2. The van der Waals surface area contributed by atoms with Crippen LogP contribution in [0.1, 0.15) is 0 Å². The topological polar surface area (TPSA) is 75.4 Å². The third kappa shape index (κ3) is 3.69. The molecule has 0 atom stereocenters. The van der Waals surface area contributed by atoms with Crippen LogP contribution < -0.4 is 14.8 Å². The fourth-order valence-electron chi connectivity index (χ4n) is 1.13. The molecule has 0 spiro atoms. The third-order valence-corrected chi connectivity index (χ3v) is 2.69. The molecular formula is C8H12BrN3O2S. The Balaban J connectivity index is 3.19. The van der Waals surface area contributed by atoms with Crippen LogP contribution in [0.15, 0.2) is 22.7 Å². The van der Waals surface area contributed by atoms with Crippen LogP contribution in [0.3, 0.4) is 0 Å². The summed E-state index contributed by atoms with van der Waals surface area (Å²) in [6, 6.07) is 5.26. The van der Waals surface area contributed by atoms with Gasteiger partial charge in [0.05, 0.1) is 11.4 Å². The van der Waals surface area contributed by atoms with Gasteiger partial charge < -0.3 is 4.90 Å². The summed E-state index contributed by atoms with van der Waals surface area (Å²) in [5.74, 6) is 0. The van der Waals surface area contributed by atoms with Gasteiger partial charge in [0.2, 0.25) is 0 Å². The van der Waals surface area contributed by atoms with E-state index in [1.54, 1.807) is 17.0 Å². The molecule has 0 fully saturated rings. The van der Waals surface area contributed by atoms with Crippen molar-refractivity contribution in [3.63, 3.8) is 0 Å². The van der Waals surface area contributed by atoms with Crippen LogP contribution in [-0.4, -0.2) is 22.5 Å². The molecule has 1 aromatic rings. The van der Waals surface area contributed by atoms with E-state index in [0.29, 0.717) is 5.69 Å². The highest BCUT2D eigenvalue weighted by Crippen LogP contribution is 2.28. The van der Waals surface area contributed by atoms with Gasteiger partial charge >= 0.3 is 0 Å². The number of halogens is 1. The van der Waals surface area contributed by atoms with Crippen molar-refractivity contribution in [1.82, 2.24) is 0 Å². The minimum atomic E-state index is -3.75. The molecule has 0 unspecified atom stereocenters. The Kier molecular flexibility index (Phi) is 3.58. The molecule has 7 heteroatoms. The Labute approximate surface area is 97.6 Å². The second-order valence-corrected chi connectivity index (χ2v) is 5.41. The van der Waals surface area contributed by atoms with Gasteiger partial charge in [-0.25, -0.2) is 5.14 Å². The minimum absolute atomic E-state index is 0.442. The maximum Gasteiger partial charge on any atom is 0.296 e. The van der Waals surface area contributed by atoms with Crippen molar-refractivity contribution in [3.05, 3.63) is 22.7 Å². The first kappa shape index (κ1) is 12.3. The van der Waals surface area contributed by atoms with Gasteiger partial charge in [-0.2, -0.15) is 8.42 Å². The van der Waals surface area contributed by atoms with Gasteiger partial charge in [0.15, 0.2) is 0 Å². The van der Waals surface area contributed by atoms with Crippen molar-refractivity contribution >= 4 is 37.5 Å². The number of benzene rings is 1. The smallest absolute Gasteiger partial charge is 0.296 e. The highest BCUT2D eigenvalue weighted by molar-refractivity contribution is 9.10. The average Bonchev–Trinajstić information content (AvgIpc) is 1.99. The summed E-state index contributed by atoms with van der Waals surface area (Å²) in [7, 11) is -0.113. The molecule has 5 nitrogen and oxygen atoms in total. The van der Waals surface area contributed by atoms with Crippen LogP contribution in [0.5, 0.6) is 0 Å². The molecule has 0 aliphatic rings. The predicted octanol–water partition coefficient (Wildman–Crippen LogP) is 1.13. The Hall–Kier alpha value is -0.790. The summed E-state index contributed by atoms with van der Waals surface area (Å²) in [5.41, 5.74) is 1.18. The zero-order valence-electron chi connectivity index (χ0n) is 8.36. The van der Waals surface area contributed by atoms with Gasteiger partial charge in [0.1, 0.15) is 0 Å². The SMILES string of the molecule is CN(C)c1ccc(Br)cc1NS(N)(=O)=O. The lowest BCUT2D eigenvalue weighted by molar-refractivity contribution is 0.603. The van der Waals surface area contributed by atoms with E-state index in [1.165, 1.54) is 0 Å². The number of anilines is 2. The second-order valence-electron chi connectivity index (χ2n) is 3.20. The van der Waals surface area contributed by atoms with Gasteiger partial charge in [0.25, 0.3) is 10.2 Å². The van der Waals surface area contributed by atoms with E-state index in [-0.39, 0.29) is 0 Å². The van der Waals surface area contributed by atoms with Crippen molar-refractivity contribution in [2.75, 3.05) is 23.7 Å². The molecule has 1 aromatic carbocycles. The van der Waals surface area contributed by atoms with Crippen molar-refractivity contribution in [2.24, 2.45) is 5.14 Å². The molecule has 0 bridgehead atoms. The lowest BCUT2D eigenvalue weighted by Crippen LogP contribution is -2.23. The Morgan fingerprint density at radius 1 is 1.40 bits per heavy atom.